The van der Waals surface area contributed by atoms with Crippen molar-refractivity contribution in [1.82, 2.24) is 14.5 Å². The monoisotopic (exact) mass is 489 g/mol. The van der Waals surface area contributed by atoms with Gasteiger partial charge in [0.15, 0.2) is 0 Å². The number of piperidine rings is 1. The van der Waals surface area contributed by atoms with E-state index in [1.54, 1.807) is 0 Å². The summed E-state index contributed by atoms with van der Waals surface area (Å²) in [7, 11) is -3.11. The molecule has 0 bridgehead atoms. The smallest absolute Gasteiger partial charge is 0.251 e. The first-order chi connectivity index (χ1) is 16.1. The summed E-state index contributed by atoms with van der Waals surface area (Å²) in [6.07, 6.45) is 8.25. The zero-order chi connectivity index (χ0) is 24.5. The molecule has 0 aromatic heterocycles. The molecule has 6 nitrogen and oxygen atoms in total. The van der Waals surface area contributed by atoms with Crippen molar-refractivity contribution in [1.29, 1.82) is 0 Å². The van der Waals surface area contributed by atoms with Gasteiger partial charge in [0.2, 0.25) is 10.0 Å². The standard InChI is InChI=1S/C27H43N3O3S/c1-19(2)26-25-10-9-23(15-24(25)18-29(26)17-22-7-5-20(3)6-8-22)27(31)28-16-21-11-13-30(14-12-21)34(4,32)33/h9-10,15,19-22,26H,5-8,11-14,16-18H2,1-4H3,(H,28,31)/t20?,22?,26-/m1/s1. The molecule has 0 spiro atoms. The molecule has 2 aliphatic heterocycles. The molecule has 1 aromatic carbocycles. The minimum atomic E-state index is -3.11. The second-order valence-electron chi connectivity index (χ2n) is 11.5. The molecule has 190 valence electrons. The van der Waals surface area contributed by atoms with Crippen molar-refractivity contribution < 1.29 is 13.2 Å². The summed E-state index contributed by atoms with van der Waals surface area (Å²) in [5, 5.41) is 3.11. The Morgan fingerprint density at radius 3 is 2.35 bits per heavy atom. The predicted molar refractivity (Wildman–Crippen MR) is 137 cm³/mol. The number of amides is 1. The largest absolute Gasteiger partial charge is 0.352 e. The van der Waals surface area contributed by atoms with E-state index >= 15 is 0 Å². The minimum absolute atomic E-state index is 0.0193. The third-order valence-corrected chi connectivity index (χ3v) is 9.65. The summed E-state index contributed by atoms with van der Waals surface area (Å²) >= 11 is 0. The number of carbonyl (C=O) groups is 1. The Morgan fingerprint density at radius 1 is 1.06 bits per heavy atom. The lowest BCUT2D eigenvalue weighted by molar-refractivity contribution is 0.0941. The van der Waals surface area contributed by atoms with E-state index in [2.05, 4.69) is 43.1 Å². The maximum absolute atomic E-state index is 12.9. The lowest BCUT2D eigenvalue weighted by atomic mass is 9.82. The van der Waals surface area contributed by atoms with Gasteiger partial charge in [-0.15, -0.1) is 0 Å². The third-order valence-electron chi connectivity index (χ3n) is 8.34. The normalized spacial score (nSPS) is 27.1. The summed E-state index contributed by atoms with van der Waals surface area (Å²) in [6.45, 7) is 10.8. The van der Waals surface area contributed by atoms with Crippen molar-refractivity contribution in [3.63, 3.8) is 0 Å². The minimum Gasteiger partial charge on any atom is -0.352 e. The van der Waals surface area contributed by atoms with Crippen LogP contribution in [-0.2, 0) is 16.6 Å². The highest BCUT2D eigenvalue weighted by molar-refractivity contribution is 7.88. The van der Waals surface area contributed by atoms with Gasteiger partial charge in [-0.25, -0.2) is 12.7 Å². The molecule has 1 aliphatic carbocycles. The van der Waals surface area contributed by atoms with Crippen LogP contribution in [-0.4, -0.2) is 56.0 Å². The Labute approximate surface area is 206 Å². The van der Waals surface area contributed by atoms with Crippen LogP contribution in [0.2, 0.25) is 0 Å². The SMILES string of the molecule is CC1CCC(CN2Cc3cc(C(=O)NCC4CCN(S(C)(=O)=O)CC4)ccc3[C@H]2C(C)C)CC1. The van der Waals surface area contributed by atoms with E-state index in [-0.39, 0.29) is 5.91 Å². The first kappa shape index (κ1) is 25.6. The van der Waals surface area contributed by atoms with Gasteiger partial charge < -0.3 is 5.32 Å². The Hall–Kier alpha value is -1.44. The summed E-state index contributed by atoms with van der Waals surface area (Å²) < 4.78 is 24.9. The molecule has 2 heterocycles. The maximum atomic E-state index is 12.9. The molecule has 2 fully saturated rings. The number of sulfonamides is 1. The molecule has 1 aromatic rings. The van der Waals surface area contributed by atoms with Gasteiger partial charge in [-0.1, -0.05) is 39.7 Å². The zero-order valence-electron chi connectivity index (χ0n) is 21.4. The molecule has 1 N–H and O–H groups in total. The fourth-order valence-corrected chi connectivity index (χ4v) is 7.15. The molecular weight excluding hydrogens is 446 g/mol. The van der Waals surface area contributed by atoms with Gasteiger partial charge in [0, 0.05) is 44.3 Å². The van der Waals surface area contributed by atoms with Crippen molar-refractivity contribution in [2.75, 3.05) is 32.4 Å². The average molecular weight is 490 g/mol. The highest BCUT2D eigenvalue weighted by Gasteiger charge is 2.34. The van der Waals surface area contributed by atoms with Crippen LogP contribution in [0.3, 0.4) is 0 Å². The number of hydrogen-bond donors (Lipinski definition) is 1. The van der Waals surface area contributed by atoms with Gasteiger partial charge in [0.05, 0.1) is 6.26 Å². The Kier molecular flexibility index (Phi) is 8.05. The molecule has 1 atom stereocenters. The molecule has 7 heteroatoms. The number of nitrogens with one attached hydrogen (secondary N) is 1. The number of hydrogen-bond acceptors (Lipinski definition) is 4. The summed E-state index contributed by atoms with van der Waals surface area (Å²) in [5.74, 6) is 2.52. The number of carbonyl (C=O) groups excluding carboxylic acids is 1. The quantitative estimate of drug-likeness (QED) is 0.615. The van der Waals surface area contributed by atoms with E-state index in [4.69, 9.17) is 0 Å². The van der Waals surface area contributed by atoms with E-state index in [0.717, 1.165) is 43.3 Å². The van der Waals surface area contributed by atoms with Crippen LogP contribution in [0.5, 0.6) is 0 Å². The van der Waals surface area contributed by atoms with Crippen LogP contribution in [0.25, 0.3) is 0 Å². The van der Waals surface area contributed by atoms with Crippen molar-refractivity contribution in [2.45, 2.75) is 71.9 Å². The molecular formula is C27H43N3O3S. The summed E-state index contributed by atoms with van der Waals surface area (Å²) in [5.41, 5.74) is 3.43. The molecule has 0 unspecified atom stereocenters. The van der Waals surface area contributed by atoms with Crippen molar-refractivity contribution in [2.24, 2.45) is 23.7 Å². The second kappa shape index (κ2) is 10.7. The van der Waals surface area contributed by atoms with Gasteiger partial charge >= 0.3 is 0 Å². The lowest BCUT2D eigenvalue weighted by Gasteiger charge is -2.34. The van der Waals surface area contributed by atoms with Crippen LogP contribution < -0.4 is 5.32 Å². The van der Waals surface area contributed by atoms with Gasteiger partial charge in [-0.05, 0) is 72.6 Å². The van der Waals surface area contributed by atoms with Gasteiger partial charge in [-0.2, -0.15) is 0 Å². The Bertz CT molecular complexity index is 961. The predicted octanol–water partition coefficient (Wildman–Crippen LogP) is 4.43. The highest BCUT2D eigenvalue weighted by Crippen LogP contribution is 2.41. The molecule has 0 radical (unpaired) electrons. The van der Waals surface area contributed by atoms with Crippen molar-refractivity contribution >= 4 is 15.9 Å². The van der Waals surface area contributed by atoms with Gasteiger partial charge in [0.25, 0.3) is 5.91 Å². The average Bonchev–Trinajstić information content (AvgIpc) is 3.16. The number of fused-ring (bicyclic) bond motifs is 1. The lowest BCUT2D eigenvalue weighted by Crippen LogP contribution is -2.41. The highest BCUT2D eigenvalue weighted by atomic mass is 32.2. The summed E-state index contributed by atoms with van der Waals surface area (Å²) in [6, 6.07) is 6.71. The molecule has 4 rings (SSSR count). The van der Waals surface area contributed by atoms with Crippen LogP contribution in [0.15, 0.2) is 18.2 Å². The van der Waals surface area contributed by atoms with Gasteiger partial charge in [-0.3, -0.25) is 9.69 Å². The Morgan fingerprint density at radius 2 is 1.74 bits per heavy atom. The second-order valence-corrected chi connectivity index (χ2v) is 13.5. The summed E-state index contributed by atoms with van der Waals surface area (Å²) in [4.78, 5) is 15.6. The van der Waals surface area contributed by atoms with Crippen LogP contribution in [0.4, 0.5) is 0 Å². The number of rotatable bonds is 7. The van der Waals surface area contributed by atoms with E-state index in [1.165, 1.54) is 47.4 Å². The van der Waals surface area contributed by atoms with Crippen molar-refractivity contribution in [3.8, 4) is 0 Å². The third kappa shape index (κ3) is 6.03. The molecule has 3 aliphatic rings. The van der Waals surface area contributed by atoms with E-state index in [9.17, 15) is 13.2 Å². The van der Waals surface area contributed by atoms with Crippen LogP contribution in [0.1, 0.15) is 86.8 Å². The van der Waals surface area contributed by atoms with Gasteiger partial charge in [0.1, 0.15) is 0 Å². The first-order valence-electron chi connectivity index (χ1n) is 13.2. The molecule has 1 saturated heterocycles. The number of nitrogens with zero attached hydrogens (tertiary/aromatic N) is 2. The van der Waals surface area contributed by atoms with Crippen LogP contribution in [0, 0.1) is 23.7 Å². The first-order valence-corrected chi connectivity index (χ1v) is 15.1. The Balaban J connectivity index is 1.35. The fraction of sp³-hybridized carbons (Fsp3) is 0.741. The maximum Gasteiger partial charge on any atom is 0.251 e. The van der Waals surface area contributed by atoms with E-state index in [1.807, 2.05) is 6.07 Å². The van der Waals surface area contributed by atoms with E-state index < -0.39 is 10.0 Å². The topological polar surface area (TPSA) is 69.7 Å². The van der Waals surface area contributed by atoms with Crippen molar-refractivity contribution in [3.05, 3.63) is 34.9 Å². The molecule has 1 saturated carbocycles. The zero-order valence-corrected chi connectivity index (χ0v) is 22.2. The molecule has 1 amide bonds. The number of benzene rings is 1. The molecule has 34 heavy (non-hydrogen) atoms. The van der Waals surface area contributed by atoms with E-state index in [0.29, 0.717) is 37.5 Å². The fourth-order valence-electron chi connectivity index (χ4n) is 6.27. The van der Waals surface area contributed by atoms with Crippen LogP contribution >= 0.6 is 0 Å².